The molecular weight excluding hydrogens is 328 g/mol. The van der Waals surface area contributed by atoms with Gasteiger partial charge in [-0.15, -0.1) is 22.7 Å². The number of thiophene rings is 2. The van der Waals surface area contributed by atoms with E-state index in [9.17, 15) is 9.59 Å². The van der Waals surface area contributed by atoms with Gasteiger partial charge in [0.15, 0.2) is 0 Å². The Morgan fingerprint density at radius 1 is 1.22 bits per heavy atom. The lowest BCUT2D eigenvalue weighted by atomic mass is 10.2. The van der Waals surface area contributed by atoms with Crippen LogP contribution in [0.25, 0.3) is 0 Å². The summed E-state index contributed by atoms with van der Waals surface area (Å²) in [7, 11) is 0. The molecule has 2 heterocycles. The summed E-state index contributed by atoms with van der Waals surface area (Å²) in [5, 5.41) is 6.63. The number of carbonyl (C=O) groups is 2. The minimum atomic E-state index is -0.0779. The molecule has 1 aliphatic carbocycles. The van der Waals surface area contributed by atoms with Crippen LogP contribution in [0.4, 0.5) is 5.00 Å². The van der Waals surface area contributed by atoms with E-state index in [4.69, 9.17) is 0 Å². The normalized spacial score (nSPS) is 13.8. The average molecular weight is 348 g/mol. The Morgan fingerprint density at radius 2 is 1.96 bits per heavy atom. The van der Waals surface area contributed by atoms with E-state index in [-0.39, 0.29) is 17.7 Å². The lowest BCUT2D eigenvalue weighted by molar-refractivity contribution is -0.117. The molecule has 0 aliphatic heterocycles. The zero-order chi connectivity index (χ0) is 16.4. The number of anilines is 1. The van der Waals surface area contributed by atoms with E-state index in [0.717, 1.165) is 34.7 Å². The first-order chi connectivity index (χ1) is 11.1. The van der Waals surface area contributed by atoms with Crippen molar-refractivity contribution in [3.8, 4) is 0 Å². The molecule has 1 fully saturated rings. The van der Waals surface area contributed by atoms with Crippen LogP contribution in [0.5, 0.6) is 0 Å². The Labute approximate surface area is 143 Å². The number of amides is 2. The van der Waals surface area contributed by atoms with Crippen LogP contribution in [0.1, 0.15) is 44.8 Å². The first-order valence-corrected chi connectivity index (χ1v) is 9.47. The summed E-state index contributed by atoms with van der Waals surface area (Å²) in [4.78, 5) is 27.3. The Bertz CT molecular complexity index is 729. The highest BCUT2D eigenvalue weighted by Gasteiger charge is 2.30. The van der Waals surface area contributed by atoms with Crippen molar-refractivity contribution < 1.29 is 9.59 Å². The Balaban J connectivity index is 1.60. The predicted molar refractivity (Wildman–Crippen MR) is 95.3 cm³/mol. The molecular formula is C17H20N2O2S2. The summed E-state index contributed by atoms with van der Waals surface area (Å²) in [6.45, 7) is 4.57. The van der Waals surface area contributed by atoms with Crippen molar-refractivity contribution in [2.45, 2.75) is 39.7 Å². The van der Waals surface area contributed by atoms with Crippen LogP contribution < -0.4 is 10.6 Å². The first-order valence-electron chi connectivity index (χ1n) is 7.84. The van der Waals surface area contributed by atoms with Gasteiger partial charge in [0.05, 0.1) is 16.4 Å². The molecule has 23 heavy (non-hydrogen) atoms. The van der Waals surface area contributed by atoms with E-state index in [1.54, 1.807) is 11.3 Å². The molecule has 122 valence electrons. The largest absolute Gasteiger partial charge is 0.346 e. The van der Waals surface area contributed by atoms with Gasteiger partial charge in [0.25, 0.3) is 5.91 Å². The molecule has 2 aromatic heterocycles. The van der Waals surface area contributed by atoms with Crippen LogP contribution in [0.3, 0.4) is 0 Å². The maximum absolute atomic E-state index is 12.4. The number of hydrogen-bond donors (Lipinski definition) is 2. The number of rotatable bonds is 6. The second-order valence-electron chi connectivity index (χ2n) is 5.79. The molecule has 0 saturated heterocycles. The third-order valence-corrected chi connectivity index (χ3v) is 6.19. The van der Waals surface area contributed by atoms with E-state index in [0.29, 0.717) is 11.4 Å². The quantitative estimate of drug-likeness (QED) is 0.830. The minimum absolute atomic E-state index is 0.0730. The van der Waals surface area contributed by atoms with Gasteiger partial charge in [-0.3, -0.25) is 9.59 Å². The van der Waals surface area contributed by atoms with Crippen LogP contribution in [-0.2, 0) is 17.8 Å². The van der Waals surface area contributed by atoms with Crippen molar-refractivity contribution in [1.82, 2.24) is 5.32 Å². The van der Waals surface area contributed by atoms with E-state index in [1.165, 1.54) is 16.2 Å². The molecule has 1 aliphatic rings. The lowest BCUT2D eigenvalue weighted by Gasteiger charge is -2.02. The average Bonchev–Trinajstić information content (AvgIpc) is 3.18. The smallest absolute Gasteiger partial charge is 0.261 e. The molecule has 6 heteroatoms. The van der Waals surface area contributed by atoms with Gasteiger partial charge in [-0.1, -0.05) is 6.92 Å². The first kappa shape index (κ1) is 16.2. The zero-order valence-corrected chi connectivity index (χ0v) is 14.9. The summed E-state index contributed by atoms with van der Waals surface area (Å²) in [6, 6.07) is 6.04. The molecule has 0 radical (unpaired) electrons. The highest BCUT2D eigenvalue weighted by Crippen LogP contribution is 2.32. The summed E-state index contributed by atoms with van der Waals surface area (Å²) in [6.07, 6.45) is 2.97. The summed E-state index contributed by atoms with van der Waals surface area (Å²) in [5.74, 6) is 0.163. The van der Waals surface area contributed by atoms with Crippen molar-refractivity contribution in [2.75, 3.05) is 5.32 Å². The maximum Gasteiger partial charge on any atom is 0.261 e. The van der Waals surface area contributed by atoms with Gasteiger partial charge in [-0.2, -0.15) is 0 Å². The molecule has 0 bridgehead atoms. The van der Waals surface area contributed by atoms with Crippen LogP contribution in [0.2, 0.25) is 0 Å². The molecule has 3 rings (SSSR count). The molecule has 2 amide bonds. The zero-order valence-electron chi connectivity index (χ0n) is 13.3. The fraction of sp³-hybridized carbons (Fsp3) is 0.412. The van der Waals surface area contributed by atoms with Crippen molar-refractivity contribution in [1.29, 1.82) is 0 Å². The second-order valence-corrected chi connectivity index (χ2v) is 8.10. The topological polar surface area (TPSA) is 58.2 Å². The highest BCUT2D eigenvalue weighted by molar-refractivity contribution is 7.18. The molecule has 0 spiro atoms. The van der Waals surface area contributed by atoms with Crippen LogP contribution in [-0.4, -0.2) is 11.8 Å². The van der Waals surface area contributed by atoms with Crippen molar-refractivity contribution in [3.63, 3.8) is 0 Å². The summed E-state index contributed by atoms with van der Waals surface area (Å²) in [5.41, 5.74) is 0.902. The number of aryl methyl sites for hydroxylation is 2. The third-order valence-electron chi connectivity index (χ3n) is 3.81. The fourth-order valence-electron chi connectivity index (χ4n) is 2.29. The van der Waals surface area contributed by atoms with Crippen LogP contribution in [0, 0.1) is 12.8 Å². The minimum Gasteiger partial charge on any atom is -0.346 e. The van der Waals surface area contributed by atoms with Crippen molar-refractivity contribution in [2.24, 2.45) is 5.92 Å². The van der Waals surface area contributed by atoms with Gasteiger partial charge in [-0.05, 0) is 49.9 Å². The van der Waals surface area contributed by atoms with Gasteiger partial charge in [0, 0.05) is 15.7 Å². The molecule has 0 atom stereocenters. The summed E-state index contributed by atoms with van der Waals surface area (Å²) < 4.78 is 0. The monoisotopic (exact) mass is 348 g/mol. The van der Waals surface area contributed by atoms with Crippen LogP contribution >= 0.6 is 22.7 Å². The van der Waals surface area contributed by atoms with Gasteiger partial charge >= 0.3 is 0 Å². The van der Waals surface area contributed by atoms with E-state index < -0.39 is 0 Å². The number of hydrogen-bond acceptors (Lipinski definition) is 4. The molecule has 2 N–H and O–H groups in total. The van der Waals surface area contributed by atoms with Crippen LogP contribution in [0.15, 0.2) is 18.2 Å². The Kier molecular flexibility index (Phi) is 4.82. The molecule has 1 saturated carbocycles. The van der Waals surface area contributed by atoms with Gasteiger partial charge in [-0.25, -0.2) is 0 Å². The molecule has 2 aromatic rings. The fourth-order valence-corrected chi connectivity index (χ4v) is 4.18. The van der Waals surface area contributed by atoms with E-state index in [2.05, 4.69) is 29.7 Å². The predicted octanol–water partition coefficient (Wildman–Crippen LogP) is 3.96. The van der Waals surface area contributed by atoms with Crippen molar-refractivity contribution >= 4 is 39.5 Å². The van der Waals surface area contributed by atoms with Gasteiger partial charge in [0.2, 0.25) is 5.91 Å². The Morgan fingerprint density at radius 3 is 2.61 bits per heavy atom. The van der Waals surface area contributed by atoms with E-state index >= 15 is 0 Å². The lowest BCUT2D eigenvalue weighted by Crippen LogP contribution is -2.21. The van der Waals surface area contributed by atoms with E-state index in [1.807, 2.05) is 13.0 Å². The summed E-state index contributed by atoms with van der Waals surface area (Å²) >= 11 is 3.08. The molecule has 0 unspecified atom stereocenters. The molecule has 4 nitrogen and oxygen atoms in total. The van der Waals surface area contributed by atoms with Crippen molar-refractivity contribution in [3.05, 3.63) is 38.4 Å². The number of carbonyl (C=O) groups excluding carboxylic acids is 2. The second kappa shape index (κ2) is 6.84. The molecule has 0 aromatic carbocycles. The Hall–Kier alpha value is -1.66. The maximum atomic E-state index is 12.4. The standard InChI is InChI=1S/C17H20N2O2S2/c1-3-12-6-7-13(22-12)9-18-17(21)15-10(2)8-14(23-15)19-16(20)11-4-5-11/h6-8,11H,3-5,9H2,1-2H3,(H,18,21)(H,19,20). The third kappa shape index (κ3) is 4.00. The highest BCUT2D eigenvalue weighted by atomic mass is 32.1. The SMILES string of the molecule is CCc1ccc(CNC(=O)c2sc(NC(=O)C3CC3)cc2C)s1. The van der Waals surface area contributed by atoms with Gasteiger partial charge < -0.3 is 10.6 Å². The number of nitrogens with one attached hydrogen (secondary N) is 2. The van der Waals surface area contributed by atoms with Gasteiger partial charge in [0.1, 0.15) is 0 Å².